The summed E-state index contributed by atoms with van der Waals surface area (Å²) < 4.78 is 7.10. The molecule has 0 amide bonds. The molecule has 7 heteroatoms. The second kappa shape index (κ2) is 4.99. The number of furan rings is 1. The number of rotatable bonds is 3. The molecule has 0 fully saturated rings. The van der Waals surface area contributed by atoms with Gasteiger partial charge < -0.3 is 4.42 Å². The molecule has 0 aliphatic heterocycles. The maximum atomic E-state index is 5.18. The predicted molar refractivity (Wildman–Crippen MR) is 72.3 cm³/mol. The van der Waals surface area contributed by atoms with Gasteiger partial charge in [0.1, 0.15) is 5.76 Å². The van der Waals surface area contributed by atoms with Crippen LogP contribution in [0.3, 0.4) is 0 Å². The largest absolute Gasteiger partial charge is 0.463 e. The van der Waals surface area contributed by atoms with Crippen LogP contribution in [0.4, 0.5) is 0 Å². The molecule has 0 unspecified atom stereocenters. The minimum Gasteiger partial charge on any atom is -0.463 e. The molecule has 94 valence electrons. The van der Waals surface area contributed by atoms with Crippen LogP contribution >= 0.6 is 12.2 Å². The number of pyridine rings is 1. The van der Waals surface area contributed by atoms with Crippen LogP contribution in [0.5, 0.6) is 0 Å². The summed E-state index contributed by atoms with van der Waals surface area (Å²) in [5.74, 6) is 1.24. The molecule has 1 N–H and O–H groups in total. The lowest BCUT2D eigenvalue weighted by atomic mass is 10.3. The Hall–Kier alpha value is -2.54. The van der Waals surface area contributed by atoms with Crippen LogP contribution in [0.1, 0.15) is 5.76 Å². The Morgan fingerprint density at radius 3 is 3.05 bits per heavy atom. The summed E-state index contributed by atoms with van der Waals surface area (Å²) in [4.78, 5) is 4.05. The number of nitrogens with zero attached hydrogens (tertiary/aromatic N) is 4. The summed E-state index contributed by atoms with van der Waals surface area (Å²) in [6.07, 6.45) is 6.55. The molecule has 0 atom stereocenters. The van der Waals surface area contributed by atoms with Gasteiger partial charge in [0.05, 0.1) is 12.5 Å². The third kappa shape index (κ3) is 2.36. The van der Waals surface area contributed by atoms with Crippen molar-refractivity contribution in [3.8, 4) is 11.4 Å². The highest BCUT2D eigenvalue weighted by atomic mass is 32.1. The minimum absolute atomic E-state index is 0.404. The normalized spacial score (nSPS) is 11.2. The van der Waals surface area contributed by atoms with Crippen LogP contribution < -0.4 is 0 Å². The van der Waals surface area contributed by atoms with Crippen molar-refractivity contribution >= 4 is 18.4 Å². The summed E-state index contributed by atoms with van der Waals surface area (Å²) in [6.45, 7) is 0. The molecular formula is C12H9N5OS. The molecule has 3 aromatic heterocycles. The Labute approximate surface area is 113 Å². The summed E-state index contributed by atoms with van der Waals surface area (Å²) in [6, 6.07) is 7.31. The Bertz CT molecular complexity index is 742. The summed E-state index contributed by atoms with van der Waals surface area (Å²) in [7, 11) is 0. The molecular weight excluding hydrogens is 262 g/mol. The molecule has 19 heavy (non-hydrogen) atoms. The van der Waals surface area contributed by atoms with E-state index in [4.69, 9.17) is 16.6 Å². The topological polar surface area (TPSA) is 72.0 Å². The first kappa shape index (κ1) is 11.5. The van der Waals surface area contributed by atoms with Gasteiger partial charge in [0.15, 0.2) is 5.82 Å². The van der Waals surface area contributed by atoms with E-state index in [1.165, 1.54) is 4.68 Å². The van der Waals surface area contributed by atoms with E-state index < -0.39 is 0 Å². The van der Waals surface area contributed by atoms with Crippen LogP contribution in [0.15, 0.2) is 52.4 Å². The van der Waals surface area contributed by atoms with Crippen LogP contribution in [-0.2, 0) is 0 Å². The second-order valence-corrected chi connectivity index (χ2v) is 4.05. The van der Waals surface area contributed by atoms with Crippen molar-refractivity contribution < 1.29 is 4.42 Å². The van der Waals surface area contributed by atoms with Gasteiger partial charge in [0.2, 0.25) is 4.77 Å². The van der Waals surface area contributed by atoms with Gasteiger partial charge in [-0.05, 0) is 36.5 Å². The second-order valence-electron chi connectivity index (χ2n) is 3.67. The Morgan fingerprint density at radius 2 is 2.32 bits per heavy atom. The van der Waals surface area contributed by atoms with Crippen molar-refractivity contribution in [2.75, 3.05) is 0 Å². The average Bonchev–Trinajstić information content (AvgIpc) is 3.07. The SMILES string of the molecule is S=c1[nH]nc(-c2cccnc2)n1/N=C/c1ccco1. The van der Waals surface area contributed by atoms with Crippen LogP contribution in [0.2, 0.25) is 0 Å². The number of nitrogens with one attached hydrogen (secondary N) is 1. The van der Waals surface area contributed by atoms with E-state index in [0.717, 1.165) is 5.56 Å². The van der Waals surface area contributed by atoms with Gasteiger partial charge in [-0.15, -0.1) is 0 Å². The summed E-state index contributed by atoms with van der Waals surface area (Å²) >= 11 is 5.15. The first-order chi connectivity index (χ1) is 9.34. The smallest absolute Gasteiger partial charge is 0.216 e. The molecule has 3 rings (SSSR count). The van der Waals surface area contributed by atoms with E-state index in [-0.39, 0.29) is 0 Å². The van der Waals surface area contributed by atoms with Crippen LogP contribution in [-0.4, -0.2) is 26.1 Å². The number of hydrogen-bond donors (Lipinski definition) is 1. The van der Waals surface area contributed by atoms with E-state index in [1.54, 1.807) is 37.0 Å². The quantitative estimate of drug-likeness (QED) is 0.586. The molecule has 0 spiro atoms. The van der Waals surface area contributed by atoms with Crippen molar-refractivity contribution in [2.24, 2.45) is 5.10 Å². The Kier molecular flexibility index (Phi) is 3.03. The molecule has 6 nitrogen and oxygen atoms in total. The van der Waals surface area contributed by atoms with Crippen molar-refractivity contribution in [3.63, 3.8) is 0 Å². The van der Waals surface area contributed by atoms with Gasteiger partial charge in [-0.3, -0.25) is 4.98 Å². The van der Waals surface area contributed by atoms with Crippen molar-refractivity contribution in [3.05, 3.63) is 53.5 Å². The highest BCUT2D eigenvalue weighted by Crippen LogP contribution is 2.15. The van der Waals surface area contributed by atoms with E-state index in [0.29, 0.717) is 16.4 Å². The number of H-pyrrole nitrogens is 1. The fourth-order valence-corrected chi connectivity index (χ4v) is 1.74. The molecule has 0 bridgehead atoms. The fourth-order valence-electron chi connectivity index (χ4n) is 1.56. The number of aromatic amines is 1. The fraction of sp³-hybridized carbons (Fsp3) is 0. The Morgan fingerprint density at radius 1 is 1.37 bits per heavy atom. The lowest BCUT2D eigenvalue weighted by molar-refractivity contribution is 0.559. The molecule has 0 aromatic carbocycles. The molecule has 0 saturated heterocycles. The Balaban J connectivity index is 2.02. The third-order valence-electron chi connectivity index (χ3n) is 2.41. The zero-order chi connectivity index (χ0) is 13.1. The van der Waals surface area contributed by atoms with E-state index in [2.05, 4.69) is 20.3 Å². The van der Waals surface area contributed by atoms with E-state index in [9.17, 15) is 0 Å². The molecule has 0 saturated carbocycles. The third-order valence-corrected chi connectivity index (χ3v) is 2.68. The van der Waals surface area contributed by atoms with Crippen molar-refractivity contribution in [1.29, 1.82) is 0 Å². The molecule has 0 radical (unpaired) electrons. The molecule has 0 aliphatic rings. The van der Waals surface area contributed by atoms with Crippen molar-refractivity contribution in [2.45, 2.75) is 0 Å². The molecule has 0 aliphatic carbocycles. The molecule has 3 heterocycles. The monoisotopic (exact) mass is 271 g/mol. The first-order valence-corrected chi connectivity index (χ1v) is 5.91. The number of aromatic nitrogens is 4. The van der Waals surface area contributed by atoms with Crippen LogP contribution in [0.25, 0.3) is 11.4 Å². The van der Waals surface area contributed by atoms with E-state index >= 15 is 0 Å². The summed E-state index contributed by atoms with van der Waals surface area (Å²) in [5, 5.41) is 11.1. The maximum absolute atomic E-state index is 5.18. The van der Waals surface area contributed by atoms with Crippen molar-refractivity contribution in [1.82, 2.24) is 19.9 Å². The average molecular weight is 271 g/mol. The van der Waals surface area contributed by atoms with Gasteiger partial charge in [-0.25, -0.2) is 5.10 Å². The lowest BCUT2D eigenvalue weighted by Gasteiger charge is -1.99. The number of hydrogen-bond acceptors (Lipinski definition) is 5. The highest BCUT2D eigenvalue weighted by molar-refractivity contribution is 7.71. The predicted octanol–water partition coefficient (Wildman–Crippen LogP) is 2.48. The molecule has 3 aromatic rings. The lowest BCUT2D eigenvalue weighted by Crippen LogP contribution is -1.94. The van der Waals surface area contributed by atoms with Gasteiger partial charge in [0.25, 0.3) is 0 Å². The van der Waals surface area contributed by atoms with Gasteiger partial charge in [0, 0.05) is 18.0 Å². The zero-order valence-corrected chi connectivity index (χ0v) is 10.5. The zero-order valence-electron chi connectivity index (χ0n) is 9.72. The van der Waals surface area contributed by atoms with Gasteiger partial charge in [-0.1, -0.05) is 0 Å². The first-order valence-electron chi connectivity index (χ1n) is 5.50. The van der Waals surface area contributed by atoms with E-state index in [1.807, 2.05) is 12.1 Å². The minimum atomic E-state index is 0.404. The summed E-state index contributed by atoms with van der Waals surface area (Å²) in [5.41, 5.74) is 0.825. The maximum Gasteiger partial charge on any atom is 0.216 e. The van der Waals surface area contributed by atoms with Gasteiger partial charge in [-0.2, -0.15) is 14.9 Å². The highest BCUT2D eigenvalue weighted by Gasteiger charge is 2.07. The van der Waals surface area contributed by atoms with Crippen LogP contribution in [0, 0.1) is 4.77 Å². The van der Waals surface area contributed by atoms with Gasteiger partial charge >= 0.3 is 0 Å². The standard InChI is InChI=1S/C12H9N5OS/c19-12-16-15-11(9-3-1-5-13-7-9)17(12)14-8-10-4-2-6-18-10/h1-8H,(H,16,19)/b14-8+.